The number of benzene rings is 1. The van der Waals surface area contributed by atoms with E-state index in [0.717, 1.165) is 0 Å². The van der Waals surface area contributed by atoms with Crippen LogP contribution < -0.4 is 20.2 Å². The Bertz CT molecular complexity index is 784. The highest BCUT2D eigenvalue weighted by atomic mass is 16.5. The molecule has 2 aromatic rings. The van der Waals surface area contributed by atoms with Crippen LogP contribution in [0.5, 0.6) is 11.5 Å². The molecule has 138 valence electrons. The van der Waals surface area contributed by atoms with Crippen LogP contribution in [0, 0.1) is 0 Å². The van der Waals surface area contributed by atoms with Gasteiger partial charge in [-0.15, -0.1) is 0 Å². The zero-order valence-corrected chi connectivity index (χ0v) is 14.9. The molecule has 2 amide bonds. The van der Waals surface area contributed by atoms with Crippen LogP contribution in [0.15, 0.2) is 46.1 Å². The van der Waals surface area contributed by atoms with Gasteiger partial charge in [0, 0.05) is 11.8 Å². The summed E-state index contributed by atoms with van der Waals surface area (Å²) in [6, 6.07) is 8.35. The van der Waals surface area contributed by atoms with Crippen molar-refractivity contribution in [2.45, 2.75) is 19.9 Å². The molecule has 26 heavy (non-hydrogen) atoms. The lowest BCUT2D eigenvalue weighted by molar-refractivity contribution is -0.120. The highest BCUT2D eigenvalue weighted by molar-refractivity contribution is 6.01. The van der Waals surface area contributed by atoms with Crippen LogP contribution >= 0.6 is 0 Å². The Hall–Kier alpha value is -3.29. The number of hydrogen-bond donors (Lipinski definition) is 2. The van der Waals surface area contributed by atoms with Gasteiger partial charge in [0.1, 0.15) is 17.3 Å². The van der Waals surface area contributed by atoms with Gasteiger partial charge in [0.2, 0.25) is 5.91 Å². The van der Waals surface area contributed by atoms with Gasteiger partial charge in [-0.2, -0.15) is 5.10 Å². The monoisotopic (exact) mass is 359 g/mol. The Kier molecular flexibility index (Phi) is 6.78. The molecular formula is C18H21N3O5. The second-order valence-electron chi connectivity index (χ2n) is 5.39. The number of furan rings is 1. The molecule has 2 rings (SSSR count). The van der Waals surface area contributed by atoms with Crippen molar-refractivity contribution in [2.75, 3.05) is 14.2 Å². The van der Waals surface area contributed by atoms with E-state index >= 15 is 0 Å². The van der Waals surface area contributed by atoms with Crippen LogP contribution in [0.2, 0.25) is 0 Å². The zero-order valence-electron chi connectivity index (χ0n) is 14.9. The number of carbonyl (C=O) groups excluding carboxylic acids is 2. The molecule has 0 aliphatic heterocycles. The van der Waals surface area contributed by atoms with Crippen LogP contribution in [0.1, 0.15) is 29.5 Å². The first-order valence-corrected chi connectivity index (χ1v) is 7.88. The van der Waals surface area contributed by atoms with E-state index in [-0.39, 0.29) is 12.3 Å². The maximum absolute atomic E-state index is 12.2. The third kappa shape index (κ3) is 5.37. The van der Waals surface area contributed by atoms with Crippen molar-refractivity contribution in [3.63, 3.8) is 0 Å². The lowest BCUT2D eigenvalue weighted by Crippen LogP contribution is -2.26. The normalized spacial score (nSPS) is 11.0. The first-order valence-electron chi connectivity index (χ1n) is 7.88. The Morgan fingerprint density at radius 3 is 2.65 bits per heavy atom. The summed E-state index contributed by atoms with van der Waals surface area (Å²) in [7, 11) is 2.99. The van der Waals surface area contributed by atoms with Crippen LogP contribution in [-0.4, -0.2) is 31.7 Å². The molecule has 0 atom stereocenters. The van der Waals surface area contributed by atoms with E-state index < -0.39 is 5.91 Å². The molecule has 1 aromatic carbocycles. The number of nitrogens with one attached hydrogen (secondary N) is 2. The molecule has 0 aliphatic carbocycles. The summed E-state index contributed by atoms with van der Waals surface area (Å²) in [5.74, 6) is 0.934. The maximum atomic E-state index is 12.2. The number of ether oxygens (including phenoxy) is 2. The number of amides is 2. The van der Waals surface area contributed by atoms with Crippen molar-refractivity contribution < 1.29 is 23.5 Å². The molecule has 2 N–H and O–H groups in total. The minimum Gasteiger partial charge on any atom is -0.497 e. The van der Waals surface area contributed by atoms with Crippen LogP contribution in [0.4, 0.5) is 0 Å². The smallest absolute Gasteiger partial charge is 0.275 e. The molecule has 0 radical (unpaired) electrons. The van der Waals surface area contributed by atoms with Crippen molar-refractivity contribution in [3.05, 3.63) is 47.9 Å². The highest BCUT2D eigenvalue weighted by Gasteiger charge is 2.13. The quantitative estimate of drug-likeness (QED) is 0.555. The van der Waals surface area contributed by atoms with Gasteiger partial charge in [-0.25, -0.2) is 5.43 Å². The highest BCUT2D eigenvalue weighted by Crippen LogP contribution is 2.24. The molecular weight excluding hydrogens is 338 g/mol. The van der Waals surface area contributed by atoms with Gasteiger partial charge in [-0.3, -0.25) is 9.59 Å². The lowest BCUT2D eigenvalue weighted by Gasteiger charge is -2.09. The van der Waals surface area contributed by atoms with Crippen molar-refractivity contribution >= 4 is 17.5 Å². The van der Waals surface area contributed by atoms with Gasteiger partial charge in [0.05, 0.1) is 39.0 Å². The first-order chi connectivity index (χ1) is 12.5. The van der Waals surface area contributed by atoms with E-state index in [1.54, 1.807) is 37.3 Å². The molecule has 0 unspecified atom stereocenters. The molecule has 8 heteroatoms. The minimum absolute atomic E-state index is 0.0563. The molecule has 0 bridgehead atoms. The Labute approximate surface area is 151 Å². The lowest BCUT2D eigenvalue weighted by atomic mass is 10.2. The predicted octanol–water partition coefficient (Wildman–Crippen LogP) is 2.11. The first kappa shape index (κ1) is 19.0. The number of hydrogen-bond acceptors (Lipinski definition) is 6. The summed E-state index contributed by atoms with van der Waals surface area (Å²) in [6.45, 7) is 1.95. The maximum Gasteiger partial charge on any atom is 0.275 e. The second-order valence-corrected chi connectivity index (χ2v) is 5.39. The van der Waals surface area contributed by atoms with Gasteiger partial charge < -0.3 is 19.2 Å². The van der Waals surface area contributed by atoms with Crippen molar-refractivity contribution in [1.29, 1.82) is 0 Å². The van der Waals surface area contributed by atoms with Crippen molar-refractivity contribution in [3.8, 4) is 11.5 Å². The average molecular weight is 359 g/mol. The summed E-state index contributed by atoms with van der Waals surface area (Å²) < 4.78 is 15.4. The Morgan fingerprint density at radius 2 is 2.00 bits per heavy atom. The fourth-order valence-electron chi connectivity index (χ4n) is 2.13. The SMILES string of the molecule is COc1ccc(C(=O)N/N=C(\C)CC(=O)NCc2ccco2)c(OC)c1. The molecule has 0 fully saturated rings. The zero-order chi connectivity index (χ0) is 18.9. The largest absolute Gasteiger partial charge is 0.497 e. The summed E-state index contributed by atoms with van der Waals surface area (Å²) in [5.41, 5.74) is 3.19. The van der Waals surface area contributed by atoms with Gasteiger partial charge >= 0.3 is 0 Å². The minimum atomic E-state index is -0.445. The van der Waals surface area contributed by atoms with Gasteiger partial charge in [-0.05, 0) is 31.2 Å². The number of hydrazone groups is 1. The van der Waals surface area contributed by atoms with Crippen molar-refractivity contribution in [1.82, 2.24) is 10.7 Å². The van der Waals surface area contributed by atoms with E-state index in [1.807, 2.05) is 0 Å². The fraction of sp³-hybridized carbons (Fsp3) is 0.278. The van der Waals surface area contributed by atoms with Gasteiger partial charge in [0.25, 0.3) is 5.91 Å². The Balaban J connectivity index is 1.89. The van der Waals surface area contributed by atoms with Crippen LogP contribution in [0.3, 0.4) is 0 Å². The second kappa shape index (κ2) is 9.26. The number of rotatable bonds is 8. The molecule has 0 aliphatic rings. The average Bonchev–Trinajstić information content (AvgIpc) is 3.17. The Morgan fingerprint density at radius 1 is 1.19 bits per heavy atom. The van der Waals surface area contributed by atoms with E-state index in [2.05, 4.69) is 15.8 Å². The molecule has 0 saturated carbocycles. The molecule has 8 nitrogen and oxygen atoms in total. The summed E-state index contributed by atoms with van der Waals surface area (Å²) >= 11 is 0. The van der Waals surface area contributed by atoms with E-state index in [0.29, 0.717) is 35.1 Å². The number of nitrogens with zero attached hydrogens (tertiary/aromatic N) is 1. The van der Waals surface area contributed by atoms with E-state index in [9.17, 15) is 9.59 Å². The van der Waals surface area contributed by atoms with E-state index in [1.165, 1.54) is 20.5 Å². The number of carbonyl (C=O) groups is 2. The molecule has 0 spiro atoms. The summed E-state index contributed by atoms with van der Waals surface area (Å²) in [6.07, 6.45) is 1.60. The third-order valence-electron chi connectivity index (χ3n) is 3.46. The van der Waals surface area contributed by atoms with Crippen molar-refractivity contribution in [2.24, 2.45) is 5.10 Å². The third-order valence-corrected chi connectivity index (χ3v) is 3.46. The van der Waals surface area contributed by atoms with Crippen LogP contribution in [-0.2, 0) is 11.3 Å². The number of methoxy groups -OCH3 is 2. The van der Waals surface area contributed by atoms with Gasteiger partial charge in [-0.1, -0.05) is 0 Å². The predicted molar refractivity (Wildman–Crippen MR) is 95.3 cm³/mol. The molecule has 1 aromatic heterocycles. The molecule has 1 heterocycles. The fourth-order valence-corrected chi connectivity index (χ4v) is 2.13. The molecule has 0 saturated heterocycles. The van der Waals surface area contributed by atoms with Crippen LogP contribution in [0.25, 0.3) is 0 Å². The summed E-state index contributed by atoms with van der Waals surface area (Å²) in [5, 5.41) is 6.66. The topological polar surface area (TPSA) is 102 Å². The summed E-state index contributed by atoms with van der Waals surface area (Å²) in [4.78, 5) is 24.1. The van der Waals surface area contributed by atoms with Gasteiger partial charge in [0.15, 0.2) is 0 Å². The standard InChI is InChI=1S/C18H21N3O5/c1-12(9-17(22)19-11-14-5-4-8-26-14)20-21-18(23)15-7-6-13(24-2)10-16(15)25-3/h4-8,10H,9,11H2,1-3H3,(H,19,22)(H,21,23)/b20-12+. The van der Waals surface area contributed by atoms with E-state index in [4.69, 9.17) is 13.9 Å².